The highest BCUT2D eigenvalue weighted by Gasteiger charge is 1.86. The van der Waals surface area contributed by atoms with Gasteiger partial charge in [0.15, 0.2) is 0 Å². The molecule has 0 fully saturated rings. The molecule has 2 N–H and O–H groups in total. The van der Waals surface area contributed by atoms with Gasteiger partial charge in [-0.25, -0.2) is 0 Å². The fourth-order valence-corrected chi connectivity index (χ4v) is 0.560. The van der Waals surface area contributed by atoms with Crippen molar-refractivity contribution in [2.75, 3.05) is 0 Å². The highest BCUT2D eigenvalue weighted by molar-refractivity contribution is 5.39. The van der Waals surface area contributed by atoms with Crippen LogP contribution in [0, 0.1) is 0 Å². The average molecular weight is 128 g/mol. The molecule has 9 heavy (non-hydrogen) atoms. The SMILES string of the molecule is ONC=C1C=CC=C1.[F-]. The zero-order valence-electron chi connectivity index (χ0n) is 4.71. The summed E-state index contributed by atoms with van der Waals surface area (Å²) in [7, 11) is 0. The molecule has 0 saturated heterocycles. The number of hydrogen-bond acceptors (Lipinski definition) is 2. The summed E-state index contributed by atoms with van der Waals surface area (Å²) >= 11 is 0. The Hall–Kier alpha value is -1.09. The molecular formula is C6H7FNO-. The monoisotopic (exact) mass is 128 g/mol. The molecule has 0 aliphatic heterocycles. The smallest absolute Gasteiger partial charge is 0.0312 e. The first-order chi connectivity index (χ1) is 3.93. The lowest BCUT2D eigenvalue weighted by Crippen LogP contribution is -3.00. The third-order valence-corrected chi connectivity index (χ3v) is 0.920. The zero-order valence-corrected chi connectivity index (χ0v) is 4.71. The summed E-state index contributed by atoms with van der Waals surface area (Å²) < 4.78 is 0. The second kappa shape index (κ2) is 3.86. The summed E-state index contributed by atoms with van der Waals surface area (Å²) in [5.41, 5.74) is 2.92. The van der Waals surface area contributed by atoms with E-state index in [0.717, 1.165) is 5.57 Å². The highest BCUT2D eigenvalue weighted by Crippen LogP contribution is 2.04. The van der Waals surface area contributed by atoms with Crippen molar-refractivity contribution in [1.82, 2.24) is 5.48 Å². The van der Waals surface area contributed by atoms with Crippen LogP contribution in [0.2, 0.25) is 0 Å². The molecular weight excluding hydrogens is 121 g/mol. The molecule has 0 heterocycles. The zero-order chi connectivity index (χ0) is 5.82. The predicted octanol–water partition coefficient (Wildman–Crippen LogP) is -2.02. The van der Waals surface area contributed by atoms with Crippen molar-refractivity contribution in [3.63, 3.8) is 0 Å². The summed E-state index contributed by atoms with van der Waals surface area (Å²) in [5, 5.41) is 8.13. The molecule has 1 aliphatic rings. The van der Waals surface area contributed by atoms with Gasteiger partial charge in [-0.3, -0.25) is 10.7 Å². The van der Waals surface area contributed by atoms with E-state index in [1.165, 1.54) is 6.20 Å². The van der Waals surface area contributed by atoms with E-state index < -0.39 is 0 Å². The maximum Gasteiger partial charge on any atom is 0.0312 e. The molecule has 0 unspecified atom stereocenters. The van der Waals surface area contributed by atoms with E-state index in [1.807, 2.05) is 29.8 Å². The topological polar surface area (TPSA) is 32.3 Å². The van der Waals surface area contributed by atoms with Gasteiger partial charge in [0, 0.05) is 6.20 Å². The maximum absolute atomic E-state index is 8.13. The third-order valence-electron chi connectivity index (χ3n) is 0.920. The number of hydrogen-bond donors (Lipinski definition) is 2. The Morgan fingerprint density at radius 1 is 1.33 bits per heavy atom. The van der Waals surface area contributed by atoms with Crippen molar-refractivity contribution in [2.45, 2.75) is 0 Å². The van der Waals surface area contributed by atoms with Gasteiger partial charge in [-0.15, -0.1) is 0 Å². The lowest BCUT2D eigenvalue weighted by atomic mass is 10.3. The van der Waals surface area contributed by atoms with Gasteiger partial charge >= 0.3 is 0 Å². The van der Waals surface area contributed by atoms with Gasteiger partial charge < -0.3 is 4.70 Å². The van der Waals surface area contributed by atoms with Gasteiger partial charge in [0.1, 0.15) is 0 Å². The fraction of sp³-hybridized carbons (Fsp3) is 0. The third kappa shape index (κ3) is 2.10. The van der Waals surface area contributed by atoms with Gasteiger partial charge in [0.05, 0.1) is 0 Å². The van der Waals surface area contributed by atoms with Crippen LogP contribution >= 0.6 is 0 Å². The van der Waals surface area contributed by atoms with Crippen LogP contribution in [0.4, 0.5) is 0 Å². The Bertz CT molecular complexity index is 146. The lowest BCUT2D eigenvalue weighted by Gasteiger charge is -1.85. The van der Waals surface area contributed by atoms with E-state index in [4.69, 9.17) is 5.21 Å². The Morgan fingerprint density at radius 3 is 2.33 bits per heavy atom. The number of rotatable bonds is 1. The van der Waals surface area contributed by atoms with Crippen LogP contribution in [-0.2, 0) is 0 Å². The number of nitrogens with one attached hydrogen (secondary N) is 1. The molecule has 0 radical (unpaired) electrons. The van der Waals surface area contributed by atoms with Crippen LogP contribution in [0.15, 0.2) is 36.1 Å². The van der Waals surface area contributed by atoms with Crippen LogP contribution in [-0.4, -0.2) is 5.21 Å². The number of hydroxylamine groups is 1. The first-order valence-electron chi connectivity index (χ1n) is 2.38. The Balaban J connectivity index is 0.000000640. The quantitative estimate of drug-likeness (QED) is 0.399. The second-order valence-electron chi connectivity index (χ2n) is 1.49. The molecule has 0 aromatic heterocycles. The van der Waals surface area contributed by atoms with Crippen LogP contribution in [0.3, 0.4) is 0 Å². The minimum Gasteiger partial charge on any atom is -1.00 e. The van der Waals surface area contributed by atoms with E-state index in [9.17, 15) is 0 Å². The maximum atomic E-state index is 8.13. The molecule has 0 amide bonds. The predicted molar refractivity (Wildman–Crippen MR) is 31.3 cm³/mol. The fourth-order valence-electron chi connectivity index (χ4n) is 0.560. The Morgan fingerprint density at radius 2 is 1.89 bits per heavy atom. The van der Waals surface area contributed by atoms with Crippen molar-refractivity contribution in [3.05, 3.63) is 36.1 Å². The average Bonchev–Trinajstić information content (AvgIpc) is 2.19. The minimum atomic E-state index is 0. The van der Waals surface area contributed by atoms with Gasteiger partial charge in [0.25, 0.3) is 0 Å². The number of allylic oxidation sites excluding steroid dienone is 5. The standard InChI is InChI=1S/C6H7NO.FH/c8-7-5-6-3-1-2-4-6;/h1-5,7-8H;1H/p-1. The van der Waals surface area contributed by atoms with Crippen molar-refractivity contribution in [3.8, 4) is 0 Å². The lowest BCUT2D eigenvalue weighted by molar-refractivity contribution is -0.00000273. The molecule has 0 aromatic rings. The molecule has 1 rings (SSSR count). The van der Waals surface area contributed by atoms with Gasteiger partial charge in [-0.2, -0.15) is 0 Å². The van der Waals surface area contributed by atoms with E-state index in [1.54, 1.807) is 0 Å². The summed E-state index contributed by atoms with van der Waals surface area (Å²) in [6.45, 7) is 0. The molecule has 0 bridgehead atoms. The first-order valence-corrected chi connectivity index (χ1v) is 2.38. The van der Waals surface area contributed by atoms with Crippen molar-refractivity contribution in [1.29, 1.82) is 0 Å². The van der Waals surface area contributed by atoms with Gasteiger partial charge in [0.2, 0.25) is 0 Å². The first kappa shape index (κ1) is 7.91. The van der Waals surface area contributed by atoms with E-state index in [-0.39, 0.29) is 4.70 Å². The molecule has 0 spiro atoms. The Kier molecular flexibility index (Phi) is 3.39. The highest BCUT2D eigenvalue weighted by atomic mass is 19.0. The molecule has 0 atom stereocenters. The Labute approximate surface area is 52.5 Å². The van der Waals surface area contributed by atoms with Crippen molar-refractivity contribution >= 4 is 0 Å². The van der Waals surface area contributed by atoms with E-state index >= 15 is 0 Å². The number of halogens is 1. The molecule has 2 nitrogen and oxygen atoms in total. The summed E-state index contributed by atoms with van der Waals surface area (Å²) in [6, 6.07) is 0. The van der Waals surface area contributed by atoms with E-state index in [0.29, 0.717) is 0 Å². The van der Waals surface area contributed by atoms with Crippen LogP contribution in [0.25, 0.3) is 0 Å². The molecule has 0 aromatic carbocycles. The minimum absolute atomic E-state index is 0. The van der Waals surface area contributed by atoms with Crippen LogP contribution in [0.1, 0.15) is 0 Å². The molecule has 3 heteroatoms. The van der Waals surface area contributed by atoms with Crippen LogP contribution in [0.5, 0.6) is 0 Å². The molecule has 0 saturated carbocycles. The second-order valence-corrected chi connectivity index (χ2v) is 1.49. The summed E-state index contributed by atoms with van der Waals surface area (Å²) in [6.07, 6.45) is 9.11. The van der Waals surface area contributed by atoms with E-state index in [2.05, 4.69) is 0 Å². The van der Waals surface area contributed by atoms with Crippen molar-refractivity contribution in [2.24, 2.45) is 0 Å². The molecule has 50 valence electrons. The normalized spacial score (nSPS) is 13.2. The van der Waals surface area contributed by atoms with Gasteiger partial charge in [-0.1, -0.05) is 24.3 Å². The summed E-state index contributed by atoms with van der Waals surface area (Å²) in [4.78, 5) is 0. The largest absolute Gasteiger partial charge is 1.00 e. The van der Waals surface area contributed by atoms with Crippen molar-refractivity contribution < 1.29 is 9.91 Å². The molecule has 1 aliphatic carbocycles. The van der Waals surface area contributed by atoms with Gasteiger partial charge in [-0.05, 0) is 5.57 Å². The van der Waals surface area contributed by atoms with Crippen LogP contribution < -0.4 is 10.2 Å². The summed E-state index contributed by atoms with van der Waals surface area (Å²) in [5.74, 6) is 0.